The van der Waals surface area contributed by atoms with Gasteiger partial charge in [-0.05, 0) is 18.7 Å². The molecule has 1 aromatic carbocycles. The van der Waals surface area contributed by atoms with Crippen molar-refractivity contribution in [3.63, 3.8) is 0 Å². The first kappa shape index (κ1) is 10.6. The van der Waals surface area contributed by atoms with Gasteiger partial charge in [-0.25, -0.2) is 0 Å². The lowest BCUT2D eigenvalue weighted by Crippen LogP contribution is -2.20. The fourth-order valence-electron chi connectivity index (χ4n) is 1.68. The molecule has 0 amide bonds. The van der Waals surface area contributed by atoms with Gasteiger partial charge in [0, 0.05) is 27.3 Å². The third-order valence-corrected chi connectivity index (χ3v) is 4.27. The second kappa shape index (κ2) is 4.31. The summed E-state index contributed by atoms with van der Waals surface area (Å²) in [6.07, 6.45) is 0. The smallest absolute Gasteiger partial charge is 0.0546 e. The quantitative estimate of drug-likeness (QED) is 0.855. The lowest BCUT2D eigenvalue weighted by atomic mass is 10.1. The van der Waals surface area contributed by atoms with E-state index in [1.807, 2.05) is 12.1 Å². The maximum absolute atomic E-state index is 6.16. The van der Waals surface area contributed by atoms with E-state index in [2.05, 4.69) is 12.2 Å². The van der Waals surface area contributed by atoms with Crippen molar-refractivity contribution < 1.29 is 0 Å². The Hall–Kier alpha value is 0.110. The van der Waals surface area contributed by atoms with Crippen LogP contribution < -0.4 is 5.32 Å². The van der Waals surface area contributed by atoms with Crippen molar-refractivity contribution in [2.75, 3.05) is 12.3 Å². The van der Waals surface area contributed by atoms with E-state index in [1.165, 1.54) is 5.56 Å². The Labute approximate surface area is 98.2 Å². The molecule has 0 spiro atoms. The molecular weight excluding hydrogens is 237 g/mol. The molecule has 1 N–H and O–H groups in total. The number of benzene rings is 1. The zero-order valence-electron chi connectivity index (χ0n) is 7.81. The second-order valence-electron chi connectivity index (χ2n) is 3.19. The van der Waals surface area contributed by atoms with Crippen molar-refractivity contribution >= 4 is 35.0 Å². The third kappa shape index (κ3) is 1.76. The fraction of sp³-hybridized carbons (Fsp3) is 0.400. The van der Waals surface area contributed by atoms with Crippen LogP contribution >= 0.6 is 35.0 Å². The molecule has 1 heterocycles. The van der Waals surface area contributed by atoms with E-state index in [-0.39, 0.29) is 0 Å². The van der Waals surface area contributed by atoms with Crippen LogP contribution in [0.2, 0.25) is 10.0 Å². The van der Waals surface area contributed by atoms with E-state index in [0.29, 0.717) is 6.04 Å². The number of nitrogens with one attached hydrogen (secondary N) is 1. The zero-order chi connectivity index (χ0) is 10.1. The molecule has 76 valence electrons. The van der Waals surface area contributed by atoms with Crippen LogP contribution in [0.15, 0.2) is 17.0 Å². The summed E-state index contributed by atoms with van der Waals surface area (Å²) >= 11 is 14.0. The highest BCUT2D eigenvalue weighted by molar-refractivity contribution is 7.99. The Kier molecular flexibility index (Phi) is 3.27. The molecule has 0 radical (unpaired) electrons. The summed E-state index contributed by atoms with van der Waals surface area (Å²) in [5.74, 6) is 1.02. The van der Waals surface area contributed by atoms with Crippen LogP contribution in [0.25, 0.3) is 0 Å². The number of hydrogen-bond donors (Lipinski definition) is 1. The van der Waals surface area contributed by atoms with Crippen molar-refractivity contribution in [1.29, 1.82) is 0 Å². The Bertz CT molecular complexity index is 354. The van der Waals surface area contributed by atoms with E-state index < -0.39 is 0 Å². The minimum Gasteiger partial charge on any atom is -0.309 e. The summed E-state index contributed by atoms with van der Waals surface area (Å²) in [4.78, 5) is 1.14. The molecule has 1 atom stereocenters. The molecule has 0 aromatic heterocycles. The minimum atomic E-state index is 0.353. The summed E-state index contributed by atoms with van der Waals surface area (Å²) in [7, 11) is 0. The summed E-state index contributed by atoms with van der Waals surface area (Å²) in [5, 5.41) is 5.04. The highest BCUT2D eigenvalue weighted by Gasteiger charge is 2.26. The Morgan fingerprint density at radius 3 is 2.86 bits per heavy atom. The number of fused-ring (bicyclic) bond motifs is 1. The molecule has 14 heavy (non-hydrogen) atoms. The number of rotatable bonds is 2. The number of thioether (sulfide) groups is 1. The zero-order valence-corrected chi connectivity index (χ0v) is 10.1. The lowest BCUT2D eigenvalue weighted by molar-refractivity contribution is 0.608. The molecule has 0 saturated carbocycles. The van der Waals surface area contributed by atoms with Crippen LogP contribution in [0, 0.1) is 0 Å². The normalized spacial score (nSPS) is 19.8. The molecule has 0 fully saturated rings. The van der Waals surface area contributed by atoms with Crippen LogP contribution in [0.4, 0.5) is 0 Å². The largest absolute Gasteiger partial charge is 0.309 e. The van der Waals surface area contributed by atoms with Crippen LogP contribution in [0.5, 0.6) is 0 Å². The molecule has 1 aliphatic rings. The monoisotopic (exact) mass is 247 g/mol. The summed E-state index contributed by atoms with van der Waals surface area (Å²) in [5.41, 5.74) is 1.17. The highest BCUT2D eigenvalue weighted by Crippen LogP contribution is 2.45. The SMILES string of the molecule is CCNC1CSc2c(Cl)ccc(Cl)c21. The number of halogens is 2. The fourth-order valence-corrected chi connectivity index (χ4v) is 3.58. The van der Waals surface area contributed by atoms with Gasteiger partial charge >= 0.3 is 0 Å². The first-order valence-electron chi connectivity index (χ1n) is 4.58. The summed E-state index contributed by atoms with van der Waals surface area (Å²) in [6.45, 7) is 3.05. The predicted molar refractivity (Wildman–Crippen MR) is 63.6 cm³/mol. The average molecular weight is 248 g/mol. The van der Waals surface area contributed by atoms with Gasteiger partial charge in [-0.15, -0.1) is 11.8 Å². The Balaban J connectivity index is 2.42. The van der Waals surface area contributed by atoms with Gasteiger partial charge in [-0.3, -0.25) is 0 Å². The lowest BCUT2D eigenvalue weighted by Gasteiger charge is -2.12. The van der Waals surface area contributed by atoms with E-state index in [4.69, 9.17) is 23.2 Å². The van der Waals surface area contributed by atoms with Gasteiger partial charge in [0.2, 0.25) is 0 Å². The van der Waals surface area contributed by atoms with Crippen molar-refractivity contribution in [2.24, 2.45) is 0 Å². The van der Waals surface area contributed by atoms with Crippen LogP contribution in [-0.4, -0.2) is 12.3 Å². The van der Waals surface area contributed by atoms with Gasteiger partial charge in [-0.1, -0.05) is 30.1 Å². The standard InChI is InChI=1S/C10H11Cl2NS/c1-2-13-8-5-14-10-7(12)4-3-6(11)9(8)10/h3-4,8,13H,2,5H2,1H3. The average Bonchev–Trinajstić information content (AvgIpc) is 2.58. The first-order valence-corrected chi connectivity index (χ1v) is 6.32. The van der Waals surface area contributed by atoms with E-state index >= 15 is 0 Å². The Morgan fingerprint density at radius 2 is 2.14 bits per heavy atom. The maximum Gasteiger partial charge on any atom is 0.0546 e. The second-order valence-corrected chi connectivity index (χ2v) is 5.04. The summed E-state index contributed by atoms with van der Waals surface area (Å²) < 4.78 is 0. The maximum atomic E-state index is 6.16. The topological polar surface area (TPSA) is 12.0 Å². The molecule has 1 unspecified atom stereocenters. The van der Waals surface area contributed by atoms with Gasteiger partial charge < -0.3 is 5.32 Å². The van der Waals surface area contributed by atoms with Crippen molar-refractivity contribution in [3.8, 4) is 0 Å². The van der Waals surface area contributed by atoms with Crippen LogP contribution in [0.3, 0.4) is 0 Å². The highest BCUT2D eigenvalue weighted by atomic mass is 35.5. The van der Waals surface area contributed by atoms with Gasteiger partial charge in [0.1, 0.15) is 0 Å². The molecule has 1 aliphatic heterocycles. The van der Waals surface area contributed by atoms with E-state index in [1.54, 1.807) is 11.8 Å². The van der Waals surface area contributed by atoms with Crippen LogP contribution in [-0.2, 0) is 0 Å². The van der Waals surface area contributed by atoms with E-state index in [9.17, 15) is 0 Å². The Morgan fingerprint density at radius 1 is 1.43 bits per heavy atom. The third-order valence-electron chi connectivity index (χ3n) is 2.29. The van der Waals surface area contributed by atoms with Crippen molar-refractivity contribution in [2.45, 2.75) is 17.9 Å². The molecule has 4 heteroatoms. The minimum absolute atomic E-state index is 0.353. The molecule has 0 bridgehead atoms. The molecular formula is C10H11Cl2NS. The number of hydrogen-bond acceptors (Lipinski definition) is 2. The van der Waals surface area contributed by atoms with E-state index in [0.717, 1.165) is 27.2 Å². The molecule has 2 rings (SSSR count). The van der Waals surface area contributed by atoms with Gasteiger partial charge in [0.25, 0.3) is 0 Å². The van der Waals surface area contributed by atoms with Crippen LogP contribution in [0.1, 0.15) is 18.5 Å². The van der Waals surface area contributed by atoms with Crippen molar-refractivity contribution in [3.05, 3.63) is 27.7 Å². The molecule has 1 nitrogen and oxygen atoms in total. The predicted octanol–water partition coefficient (Wildman–Crippen LogP) is 3.75. The van der Waals surface area contributed by atoms with Gasteiger partial charge in [0.15, 0.2) is 0 Å². The van der Waals surface area contributed by atoms with Gasteiger partial charge in [0.05, 0.1) is 5.02 Å². The van der Waals surface area contributed by atoms with Crippen molar-refractivity contribution in [1.82, 2.24) is 5.32 Å². The molecule has 0 saturated heterocycles. The van der Waals surface area contributed by atoms with Gasteiger partial charge in [-0.2, -0.15) is 0 Å². The molecule has 1 aromatic rings. The summed E-state index contributed by atoms with van der Waals surface area (Å²) in [6, 6.07) is 4.09. The molecule has 0 aliphatic carbocycles. The first-order chi connectivity index (χ1) is 6.74.